The van der Waals surface area contributed by atoms with E-state index in [0.29, 0.717) is 0 Å². The second-order valence-corrected chi connectivity index (χ2v) is 17.1. The van der Waals surface area contributed by atoms with Crippen LogP contribution < -0.4 is 4.90 Å². The van der Waals surface area contributed by atoms with Crippen LogP contribution in [0.15, 0.2) is 233 Å². The summed E-state index contributed by atoms with van der Waals surface area (Å²) in [5.41, 5.74) is 21.0. The number of furan rings is 2. The number of nitrogens with zero attached hydrogens (tertiary/aromatic N) is 1. The second-order valence-electron chi connectivity index (χ2n) is 17.1. The third-order valence-corrected chi connectivity index (χ3v) is 13.9. The SMILES string of the molecule is c1ccc(-c2ccc(N(c3cccc4c3-c3ccccc3C43c4ccccc4-c4ccccc43)c3cccc4oc5cc6c(cc5c34)oc3ccc(-c4ccccc4)cc36)cc2)cc1. The van der Waals surface area contributed by atoms with Crippen molar-refractivity contribution in [1.82, 2.24) is 0 Å². The van der Waals surface area contributed by atoms with Crippen LogP contribution in [0.1, 0.15) is 22.3 Å². The van der Waals surface area contributed by atoms with Crippen LogP contribution in [-0.2, 0) is 5.41 Å². The normalized spacial score (nSPS) is 13.1. The molecule has 0 amide bonds. The first kappa shape index (κ1) is 35.2. The van der Waals surface area contributed by atoms with E-state index < -0.39 is 5.41 Å². The highest BCUT2D eigenvalue weighted by Crippen LogP contribution is 2.65. The van der Waals surface area contributed by atoms with Gasteiger partial charge in [0.15, 0.2) is 0 Å². The maximum absolute atomic E-state index is 6.87. The van der Waals surface area contributed by atoms with Crippen molar-refractivity contribution in [2.45, 2.75) is 5.41 Å². The molecule has 0 aliphatic heterocycles. The Kier molecular flexibility index (Phi) is 7.32. The molecular weight excluding hydrogens is 779 g/mol. The summed E-state index contributed by atoms with van der Waals surface area (Å²) in [4.78, 5) is 2.46. The fourth-order valence-corrected chi connectivity index (χ4v) is 11.2. The highest BCUT2D eigenvalue weighted by atomic mass is 16.3. The van der Waals surface area contributed by atoms with Crippen molar-refractivity contribution in [2.24, 2.45) is 0 Å². The zero-order valence-corrected chi connectivity index (χ0v) is 34.6. The van der Waals surface area contributed by atoms with Crippen LogP contribution in [0.3, 0.4) is 0 Å². The van der Waals surface area contributed by atoms with Gasteiger partial charge < -0.3 is 13.7 Å². The lowest BCUT2D eigenvalue weighted by Crippen LogP contribution is -2.26. The van der Waals surface area contributed by atoms with Gasteiger partial charge in [-0.2, -0.15) is 0 Å². The summed E-state index contributed by atoms with van der Waals surface area (Å²) in [7, 11) is 0. The Morgan fingerprint density at radius 2 is 0.812 bits per heavy atom. The largest absolute Gasteiger partial charge is 0.456 e. The summed E-state index contributed by atoms with van der Waals surface area (Å²) in [6.07, 6.45) is 0. The van der Waals surface area contributed by atoms with Crippen molar-refractivity contribution >= 4 is 60.9 Å². The first-order chi connectivity index (χ1) is 31.7. The lowest BCUT2D eigenvalue weighted by Gasteiger charge is -2.32. The Hall–Kier alpha value is -8.40. The Balaban J connectivity index is 1.03. The van der Waals surface area contributed by atoms with Gasteiger partial charge in [0.1, 0.15) is 22.3 Å². The van der Waals surface area contributed by atoms with Crippen LogP contribution in [0, 0.1) is 0 Å². The van der Waals surface area contributed by atoms with E-state index >= 15 is 0 Å². The lowest BCUT2D eigenvalue weighted by atomic mass is 9.70. The van der Waals surface area contributed by atoms with Crippen molar-refractivity contribution in [3.8, 4) is 44.5 Å². The van der Waals surface area contributed by atoms with Gasteiger partial charge in [0.25, 0.3) is 0 Å². The molecule has 2 aliphatic carbocycles. The molecule has 2 aliphatic rings. The summed E-state index contributed by atoms with van der Waals surface area (Å²) in [5.74, 6) is 0. The fourth-order valence-electron chi connectivity index (χ4n) is 11.2. The predicted octanol–water partition coefficient (Wildman–Crippen LogP) is 16.6. The Labute approximate surface area is 369 Å². The third kappa shape index (κ3) is 4.81. The summed E-state index contributed by atoms with van der Waals surface area (Å²) in [6, 6.07) is 81.4. The van der Waals surface area contributed by atoms with Crippen LogP contribution in [0.5, 0.6) is 0 Å². The van der Waals surface area contributed by atoms with Gasteiger partial charge in [-0.25, -0.2) is 0 Å². The van der Waals surface area contributed by atoms with Crippen molar-refractivity contribution in [2.75, 3.05) is 4.90 Å². The lowest BCUT2D eigenvalue weighted by molar-refractivity contribution is 0.664. The molecule has 0 fully saturated rings. The van der Waals surface area contributed by atoms with E-state index in [-0.39, 0.29) is 0 Å². The van der Waals surface area contributed by atoms with Crippen molar-refractivity contribution < 1.29 is 8.83 Å². The van der Waals surface area contributed by atoms with Crippen molar-refractivity contribution in [1.29, 1.82) is 0 Å². The summed E-state index contributed by atoms with van der Waals surface area (Å²) >= 11 is 0. The van der Waals surface area contributed by atoms with E-state index in [0.717, 1.165) is 66.5 Å². The predicted molar refractivity (Wildman–Crippen MR) is 263 cm³/mol. The number of hydrogen-bond donors (Lipinski definition) is 0. The molecule has 10 aromatic carbocycles. The van der Waals surface area contributed by atoms with Gasteiger partial charge in [-0.15, -0.1) is 0 Å². The van der Waals surface area contributed by atoms with E-state index in [1.807, 2.05) is 0 Å². The molecular formula is C61H37NO2. The van der Waals surface area contributed by atoms with Crippen LogP contribution in [-0.4, -0.2) is 0 Å². The highest BCUT2D eigenvalue weighted by molar-refractivity contribution is 6.19. The van der Waals surface area contributed by atoms with E-state index in [1.54, 1.807) is 0 Å². The second kappa shape index (κ2) is 13.3. The fraction of sp³-hybridized carbons (Fsp3) is 0.0164. The first-order valence-electron chi connectivity index (χ1n) is 22.0. The van der Waals surface area contributed by atoms with Gasteiger partial charge in [-0.05, 0) is 116 Å². The quantitative estimate of drug-likeness (QED) is 0.173. The zero-order chi connectivity index (χ0) is 41.9. The molecule has 14 rings (SSSR count). The first-order valence-corrected chi connectivity index (χ1v) is 22.0. The minimum absolute atomic E-state index is 0.473. The Morgan fingerprint density at radius 3 is 1.53 bits per heavy atom. The number of benzene rings is 10. The molecule has 1 spiro atoms. The molecule has 0 radical (unpaired) electrons. The van der Waals surface area contributed by atoms with Gasteiger partial charge in [0.05, 0.1) is 22.2 Å². The molecule has 0 saturated carbocycles. The van der Waals surface area contributed by atoms with Crippen molar-refractivity contribution in [3.05, 3.63) is 247 Å². The molecule has 0 saturated heterocycles. The zero-order valence-electron chi connectivity index (χ0n) is 34.6. The molecule has 3 heteroatoms. The van der Waals surface area contributed by atoms with Crippen molar-refractivity contribution in [3.63, 3.8) is 0 Å². The van der Waals surface area contributed by atoms with Gasteiger partial charge in [-0.3, -0.25) is 0 Å². The van der Waals surface area contributed by atoms with E-state index in [2.05, 4.69) is 229 Å². The standard InChI is InChI=1S/C61H37NO2/c1-3-15-38(16-4-1)40-29-32-42(33-30-40)62(53-26-13-25-52-59(53)45-21-9-12-24-51(45)61(52)49-22-10-7-19-43(49)44-20-8-11-23-50(44)61)54-27-14-28-56-60(54)48-37-57-47(36-58(48)64-56)46-35-41(31-34-55(46)63-57)39-17-5-2-6-18-39/h1-37H. The maximum Gasteiger partial charge on any atom is 0.137 e. The topological polar surface area (TPSA) is 29.5 Å². The smallest absolute Gasteiger partial charge is 0.137 e. The van der Waals surface area contributed by atoms with Gasteiger partial charge in [0, 0.05) is 27.4 Å². The average Bonchev–Trinajstić information content (AvgIpc) is 4.09. The van der Waals surface area contributed by atoms with Crippen LogP contribution in [0.4, 0.5) is 17.1 Å². The molecule has 0 atom stereocenters. The molecule has 2 aromatic heterocycles. The molecule has 2 heterocycles. The van der Waals surface area contributed by atoms with Gasteiger partial charge >= 0.3 is 0 Å². The average molecular weight is 816 g/mol. The minimum Gasteiger partial charge on any atom is -0.456 e. The number of anilines is 3. The molecule has 0 unspecified atom stereocenters. The molecule has 12 aromatic rings. The maximum atomic E-state index is 6.87. The van der Waals surface area contributed by atoms with Crippen LogP contribution in [0.2, 0.25) is 0 Å². The third-order valence-electron chi connectivity index (χ3n) is 13.9. The van der Waals surface area contributed by atoms with Gasteiger partial charge in [-0.1, -0.05) is 170 Å². The van der Waals surface area contributed by atoms with Crippen LogP contribution >= 0.6 is 0 Å². The molecule has 3 nitrogen and oxygen atoms in total. The number of fused-ring (bicyclic) bond motifs is 16. The summed E-state index contributed by atoms with van der Waals surface area (Å²) in [6.45, 7) is 0. The Morgan fingerprint density at radius 1 is 0.312 bits per heavy atom. The summed E-state index contributed by atoms with van der Waals surface area (Å²) in [5, 5.41) is 4.15. The Bertz CT molecular complexity index is 3790. The van der Waals surface area contributed by atoms with E-state index in [4.69, 9.17) is 8.83 Å². The summed E-state index contributed by atoms with van der Waals surface area (Å²) < 4.78 is 13.5. The minimum atomic E-state index is -0.473. The molecule has 298 valence electrons. The number of hydrogen-bond acceptors (Lipinski definition) is 3. The van der Waals surface area contributed by atoms with Gasteiger partial charge in [0.2, 0.25) is 0 Å². The van der Waals surface area contributed by atoms with Crippen LogP contribution in [0.25, 0.3) is 88.4 Å². The molecule has 64 heavy (non-hydrogen) atoms. The molecule has 0 bridgehead atoms. The van der Waals surface area contributed by atoms with E-state index in [9.17, 15) is 0 Å². The highest BCUT2D eigenvalue weighted by Gasteiger charge is 2.52. The monoisotopic (exact) mass is 815 g/mol. The molecule has 0 N–H and O–H groups in total. The van der Waals surface area contributed by atoms with E-state index in [1.165, 1.54) is 61.2 Å². The number of rotatable bonds is 5.